The van der Waals surface area contributed by atoms with Crippen molar-refractivity contribution in [3.05, 3.63) is 87.1 Å². The van der Waals surface area contributed by atoms with Crippen LogP contribution in [0.1, 0.15) is 5.56 Å². The van der Waals surface area contributed by atoms with Gasteiger partial charge in [0.25, 0.3) is 5.56 Å². The maximum atomic E-state index is 12.6. The molecule has 0 amide bonds. The van der Waals surface area contributed by atoms with Crippen LogP contribution in [0.2, 0.25) is 0 Å². The van der Waals surface area contributed by atoms with Crippen molar-refractivity contribution >= 4 is 27.9 Å². The van der Waals surface area contributed by atoms with E-state index in [9.17, 15) is 9.59 Å². The molecule has 4 aromatic rings. The van der Waals surface area contributed by atoms with Gasteiger partial charge in [0.1, 0.15) is 11.8 Å². The molecule has 0 aliphatic rings. The number of benzene rings is 3. The number of H-pyrrole nitrogens is 1. The van der Waals surface area contributed by atoms with Crippen LogP contribution in [0.3, 0.4) is 0 Å². The number of para-hydroxylation sites is 1. The maximum Gasteiger partial charge on any atom is 0.349 e. The molecule has 0 aliphatic heterocycles. The van der Waals surface area contributed by atoms with Gasteiger partial charge in [-0.15, -0.1) is 4.68 Å². The monoisotopic (exact) mass is 370 g/mol. The molecule has 0 saturated heterocycles. The topological polar surface area (TPSA) is 100 Å². The van der Waals surface area contributed by atoms with Gasteiger partial charge in [0, 0.05) is 5.56 Å². The summed E-state index contributed by atoms with van der Waals surface area (Å²) < 4.78 is 6.26. The summed E-state index contributed by atoms with van der Waals surface area (Å²) in [7, 11) is 0. The summed E-state index contributed by atoms with van der Waals surface area (Å²) in [5, 5.41) is 15.1. The van der Waals surface area contributed by atoms with Crippen LogP contribution in [-0.4, -0.2) is 22.5 Å². The van der Waals surface area contributed by atoms with Gasteiger partial charge in [-0.05, 0) is 29.0 Å². The van der Waals surface area contributed by atoms with Crippen molar-refractivity contribution in [2.45, 2.75) is 0 Å². The van der Waals surface area contributed by atoms with Crippen molar-refractivity contribution in [3.8, 4) is 11.8 Å². The van der Waals surface area contributed by atoms with Crippen molar-refractivity contribution in [1.82, 2.24) is 9.66 Å². The molecule has 4 rings (SSSR count). The van der Waals surface area contributed by atoms with Crippen LogP contribution in [0.4, 0.5) is 0 Å². The van der Waals surface area contributed by atoms with Crippen molar-refractivity contribution < 1.29 is 4.74 Å². The third-order valence-corrected chi connectivity index (χ3v) is 4.31. The molecule has 7 nitrogen and oxygen atoms in total. The molecule has 0 fully saturated rings. The van der Waals surface area contributed by atoms with Gasteiger partial charge in [-0.1, -0.05) is 42.5 Å². The number of aromatic amines is 1. The number of ether oxygens (including phenoxy) is 1. The number of rotatable bonds is 4. The molecule has 3 aromatic carbocycles. The van der Waals surface area contributed by atoms with E-state index in [0.717, 1.165) is 15.4 Å². The minimum absolute atomic E-state index is 0.129. The average molecular weight is 370 g/mol. The van der Waals surface area contributed by atoms with Gasteiger partial charge in [0.2, 0.25) is 0 Å². The first-order valence-electron chi connectivity index (χ1n) is 8.49. The zero-order valence-electron chi connectivity index (χ0n) is 14.6. The molecule has 28 heavy (non-hydrogen) atoms. The number of hydrogen-bond acceptors (Lipinski definition) is 5. The van der Waals surface area contributed by atoms with E-state index in [0.29, 0.717) is 22.2 Å². The maximum absolute atomic E-state index is 12.6. The predicted octanol–water partition coefficient (Wildman–Crippen LogP) is 2.63. The van der Waals surface area contributed by atoms with Gasteiger partial charge in [-0.3, -0.25) is 4.79 Å². The highest BCUT2D eigenvalue weighted by Gasteiger charge is 2.09. The van der Waals surface area contributed by atoms with E-state index in [-0.39, 0.29) is 6.61 Å². The van der Waals surface area contributed by atoms with Gasteiger partial charge in [-0.25, -0.2) is 4.79 Å². The van der Waals surface area contributed by atoms with E-state index >= 15 is 0 Å². The van der Waals surface area contributed by atoms with Crippen molar-refractivity contribution in [1.29, 1.82) is 5.26 Å². The van der Waals surface area contributed by atoms with Crippen LogP contribution >= 0.6 is 0 Å². The Bertz CT molecular complexity index is 1380. The van der Waals surface area contributed by atoms with Gasteiger partial charge in [0.05, 0.1) is 17.1 Å². The summed E-state index contributed by atoms with van der Waals surface area (Å²) in [5.74, 6) is 0.439. The number of hydrogen-bond donors (Lipinski definition) is 1. The lowest BCUT2D eigenvalue weighted by molar-refractivity contribution is 0.368. The van der Waals surface area contributed by atoms with E-state index in [1.807, 2.05) is 36.4 Å². The Kier molecular flexibility index (Phi) is 4.44. The Balaban J connectivity index is 1.90. The summed E-state index contributed by atoms with van der Waals surface area (Å²) in [6.45, 7) is -0.129. The Morgan fingerprint density at radius 2 is 1.79 bits per heavy atom. The minimum Gasteiger partial charge on any atom is -0.478 e. The average Bonchev–Trinajstić information content (AvgIpc) is 2.72. The van der Waals surface area contributed by atoms with E-state index in [1.165, 1.54) is 6.21 Å². The first-order chi connectivity index (χ1) is 13.7. The lowest BCUT2D eigenvalue weighted by atomic mass is 10.0. The van der Waals surface area contributed by atoms with Crippen LogP contribution < -0.4 is 16.0 Å². The Morgan fingerprint density at radius 1 is 1.04 bits per heavy atom. The number of aromatic nitrogens is 2. The molecule has 0 saturated carbocycles. The molecular weight excluding hydrogens is 356 g/mol. The van der Waals surface area contributed by atoms with Crippen LogP contribution in [-0.2, 0) is 0 Å². The van der Waals surface area contributed by atoms with Gasteiger partial charge < -0.3 is 9.72 Å². The molecule has 1 aromatic heterocycles. The van der Waals surface area contributed by atoms with Crippen molar-refractivity contribution in [2.24, 2.45) is 5.10 Å². The second-order valence-electron chi connectivity index (χ2n) is 5.98. The molecule has 0 bridgehead atoms. The standard InChI is InChI=1S/C21H14N4O3/c22-11-12-28-19-10-9-14-5-1-2-6-15(14)17(19)13-23-25-20(26)16-7-3-4-8-18(16)24-21(25)27/h1-10,13H,12H2,(H,24,27). The fraction of sp³-hybridized carbons (Fsp3) is 0.0476. The molecule has 0 atom stereocenters. The zero-order valence-corrected chi connectivity index (χ0v) is 14.6. The Labute approximate surface area is 158 Å². The normalized spacial score (nSPS) is 11.1. The lowest BCUT2D eigenvalue weighted by Gasteiger charge is -2.09. The second-order valence-corrected chi connectivity index (χ2v) is 5.98. The molecule has 0 unspecified atom stereocenters. The highest BCUT2D eigenvalue weighted by atomic mass is 16.5. The molecule has 0 radical (unpaired) electrons. The quantitative estimate of drug-likeness (QED) is 0.558. The van der Waals surface area contributed by atoms with E-state index in [1.54, 1.807) is 30.3 Å². The molecule has 0 spiro atoms. The van der Waals surface area contributed by atoms with E-state index in [2.05, 4.69) is 10.1 Å². The molecule has 0 aliphatic carbocycles. The first kappa shape index (κ1) is 17.2. The van der Waals surface area contributed by atoms with Gasteiger partial charge in [0.15, 0.2) is 6.61 Å². The second kappa shape index (κ2) is 7.21. The fourth-order valence-electron chi connectivity index (χ4n) is 3.02. The van der Waals surface area contributed by atoms with Crippen LogP contribution in [0.15, 0.2) is 75.4 Å². The summed E-state index contributed by atoms with van der Waals surface area (Å²) in [5.41, 5.74) is -0.130. The van der Waals surface area contributed by atoms with E-state index < -0.39 is 11.2 Å². The van der Waals surface area contributed by atoms with Crippen molar-refractivity contribution in [2.75, 3.05) is 6.61 Å². The molecular formula is C21H14N4O3. The first-order valence-corrected chi connectivity index (χ1v) is 8.49. The van der Waals surface area contributed by atoms with Gasteiger partial charge >= 0.3 is 5.69 Å². The molecule has 136 valence electrons. The number of nitrogens with one attached hydrogen (secondary N) is 1. The third kappa shape index (κ3) is 3.04. The fourth-order valence-corrected chi connectivity index (χ4v) is 3.02. The van der Waals surface area contributed by atoms with Gasteiger partial charge in [-0.2, -0.15) is 10.4 Å². The molecule has 7 heteroatoms. The summed E-state index contributed by atoms with van der Waals surface area (Å²) in [4.78, 5) is 27.6. The van der Waals surface area contributed by atoms with E-state index in [4.69, 9.17) is 10.00 Å². The van der Waals surface area contributed by atoms with Crippen LogP contribution in [0.5, 0.6) is 5.75 Å². The zero-order chi connectivity index (χ0) is 19.5. The predicted molar refractivity (Wildman–Crippen MR) is 107 cm³/mol. The summed E-state index contributed by atoms with van der Waals surface area (Å²) in [6.07, 6.45) is 1.40. The largest absolute Gasteiger partial charge is 0.478 e. The number of nitrogens with zero attached hydrogens (tertiary/aromatic N) is 3. The summed E-state index contributed by atoms with van der Waals surface area (Å²) >= 11 is 0. The lowest BCUT2D eigenvalue weighted by Crippen LogP contribution is -2.32. The number of fused-ring (bicyclic) bond motifs is 2. The third-order valence-electron chi connectivity index (χ3n) is 4.31. The number of nitriles is 1. The molecule has 1 N–H and O–H groups in total. The highest BCUT2D eigenvalue weighted by Crippen LogP contribution is 2.26. The Morgan fingerprint density at radius 3 is 2.61 bits per heavy atom. The van der Waals surface area contributed by atoms with Crippen molar-refractivity contribution in [3.63, 3.8) is 0 Å². The summed E-state index contributed by atoms with van der Waals surface area (Å²) in [6, 6.07) is 19.8. The van der Waals surface area contributed by atoms with Crippen LogP contribution in [0.25, 0.3) is 21.7 Å². The van der Waals surface area contributed by atoms with Crippen LogP contribution in [0, 0.1) is 11.3 Å². The highest BCUT2D eigenvalue weighted by molar-refractivity contribution is 6.02. The smallest absolute Gasteiger partial charge is 0.349 e. The SMILES string of the molecule is N#CCOc1ccc2ccccc2c1C=Nn1c(=O)[nH]c2ccccc2c1=O. The minimum atomic E-state index is -0.639. The Hall–Kier alpha value is -4.18. The molecule has 1 heterocycles.